The number of rotatable bonds is 6. The highest BCUT2D eigenvalue weighted by molar-refractivity contribution is 5.97. The Morgan fingerprint density at radius 3 is 2.32 bits per heavy atom. The van der Waals surface area contributed by atoms with Crippen LogP contribution in [0.1, 0.15) is 63.2 Å². The quantitative estimate of drug-likeness (QED) is 0.852. The van der Waals surface area contributed by atoms with E-state index in [1.54, 1.807) is 12.1 Å². The Morgan fingerprint density at radius 1 is 1.16 bits per heavy atom. The third-order valence-electron chi connectivity index (χ3n) is 5.68. The zero-order valence-electron chi connectivity index (χ0n) is 16.0. The van der Waals surface area contributed by atoms with Gasteiger partial charge in [-0.2, -0.15) is 0 Å². The molecule has 0 aliphatic heterocycles. The van der Waals surface area contributed by atoms with Gasteiger partial charge in [-0.25, -0.2) is 0 Å². The lowest BCUT2D eigenvalue weighted by Gasteiger charge is -2.36. The van der Waals surface area contributed by atoms with E-state index in [1.165, 1.54) is 12.8 Å². The van der Waals surface area contributed by atoms with Crippen LogP contribution in [0.2, 0.25) is 0 Å². The molecule has 4 heteroatoms. The van der Waals surface area contributed by atoms with Gasteiger partial charge in [0.05, 0.1) is 0 Å². The first-order chi connectivity index (χ1) is 11.9. The minimum Gasteiger partial charge on any atom is -0.341 e. The molecule has 1 saturated carbocycles. The van der Waals surface area contributed by atoms with Crippen LogP contribution in [0.5, 0.6) is 0 Å². The van der Waals surface area contributed by atoms with E-state index in [2.05, 4.69) is 19.2 Å². The van der Waals surface area contributed by atoms with Crippen molar-refractivity contribution >= 4 is 11.8 Å². The van der Waals surface area contributed by atoms with Gasteiger partial charge in [0.15, 0.2) is 0 Å². The topological polar surface area (TPSA) is 49.4 Å². The van der Waals surface area contributed by atoms with E-state index >= 15 is 0 Å². The minimum atomic E-state index is -0.470. The molecule has 0 heterocycles. The van der Waals surface area contributed by atoms with E-state index in [1.807, 2.05) is 37.1 Å². The largest absolute Gasteiger partial charge is 0.341 e. The maximum atomic E-state index is 13.1. The van der Waals surface area contributed by atoms with Crippen LogP contribution in [-0.2, 0) is 4.79 Å². The number of nitrogens with one attached hydrogen (secondary N) is 1. The maximum Gasteiger partial charge on any atom is 0.251 e. The molecular formula is C21H32N2O2. The monoisotopic (exact) mass is 344 g/mol. The number of hydrogen-bond donors (Lipinski definition) is 1. The minimum absolute atomic E-state index is 0.0400. The highest BCUT2D eigenvalue weighted by atomic mass is 16.2. The molecule has 1 aliphatic rings. The molecule has 4 nitrogen and oxygen atoms in total. The standard InChI is InChI=1S/C21H32N2O2/c1-5-16(3)19(22-20(24)17-9-7-6-8-10-17)21(25)23(4)18-13-11-15(2)12-14-18/h6-10,15-16,18-19H,5,11-14H2,1-4H3,(H,22,24). The molecule has 0 bridgehead atoms. The van der Waals surface area contributed by atoms with E-state index in [-0.39, 0.29) is 17.7 Å². The summed E-state index contributed by atoms with van der Waals surface area (Å²) in [5.41, 5.74) is 0.595. The summed E-state index contributed by atoms with van der Waals surface area (Å²) >= 11 is 0. The Bertz CT molecular complexity index is 565. The molecule has 1 aromatic rings. The first kappa shape index (κ1) is 19.5. The predicted octanol–water partition coefficient (Wildman–Crippen LogP) is 3.87. The van der Waals surface area contributed by atoms with Gasteiger partial charge < -0.3 is 10.2 Å². The summed E-state index contributed by atoms with van der Waals surface area (Å²) in [6.45, 7) is 6.37. The van der Waals surface area contributed by atoms with E-state index in [0.29, 0.717) is 11.6 Å². The van der Waals surface area contributed by atoms with Crippen molar-refractivity contribution < 1.29 is 9.59 Å². The summed E-state index contributed by atoms with van der Waals surface area (Å²) in [4.78, 5) is 27.5. The van der Waals surface area contributed by atoms with Crippen LogP contribution in [0.15, 0.2) is 30.3 Å². The molecule has 25 heavy (non-hydrogen) atoms. The molecule has 2 amide bonds. The number of likely N-dealkylation sites (N-methyl/N-ethyl adjacent to an activating group) is 1. The normalized spacial score (nSPS) is 22.7. The molecule has 138 valence electrons. The molecule has 1 fully saturated rings. The fourth-order valence-corrected chi connectivity index (χ4v) is 3.53. The van der Waals surface area contributed by atoms with Gasteiger partial charge >= 0.3 is 0 Å². The summed E-state index contributed by atoms with van der Waals surface area (Å²) in [7, 11) is 1.90. The molecule has 1 aliphatic carbocycles. The van der Waals surface area contributed by atoms with Gasteiger partial charge in [0.25, 0.3) is 5.91 Å². The highest BCUT2D eigenvalue weighted by Crippen LogP contribution is 2.27. The Balaban J connectivity index is 2.08. The first-order valence-corrected chi connectivity index (χ1v) is 9.56. The van der Waals surface area contributed by atoms with Crippen molar-refractivity contribution in [2.24, 2.45) is 11.8 Å². The zero-order chi connectivity index (χ0) is 18.4. The average Bonchev–Trinajstić information content (AvgIpc) is 2.65. The first-order valence-electron chi connectivity index (χ1n) is 9.56. The lowest BCUT2D eigenvalue weighted by atomic mass is 9.86. The molecule has 2 atom stereocenters. The van der Waals surface area contributed by atoms with Gasteiger partial charge in [-0.15, -0.1) is 0 Å². The fourth-order valence-electron chi connectivity index (χ4n) is 3.53. The molecule has 0 saturated heterocycles. The van der Waals surface area contributed by atoms with Crippen LogP contribution in [-0.4, -0.2) is 35.8 Å². The second kappa shape index (κ2) is 9.02. The molecule has 2 unspecified atom stereocenters. The smallest absolute Gasteiger partial charge is 0.251 e. The van der Waals surface area contributed by atoms with Crippen LogP contribution < -0.4 is 5.32 Å². The van der Waals surface area contributed by atoms with Gasteiger partial charge in [0, 0.05) is 18.7 Å². The lowest BCUT2D eigenvalue weighted by Crippen LogP contribution is -2.53. The highest BCUT2D eigenvalue weighted by Gasteiger charge is 2.32. The van der Waals surface area contributed by atoms with Crippen molar-refractivity contribution in [1.82, 2.24) is 10.2 Å². The van der Waals surface area contributed by atoms with Crippen molar-refractivity contribution in [3.05, 3.63) is 35.9 Å². The lowest BCUT2D eigenvalue weighted by molar-refractivity contribution is -0.136. The van der Waals surface area contributed by atoms with Crippen molar-refractivity contribution in [3.8, 4) is 0 Å². The van der Waals surface area contributed by atoms with Crippen LogP contribution in [0.3, 0.4) is 0 Å². The van der Waals surface area contributed by atoms with Crippen molar-refractivity contribution in [2.45, 2.75) is 65.0 Å². The van der Waals surface area contributed by atoms with Crippen molar-refractivity contribution in [3.63, 3.8) is 0 Å². The Labute approximate surface area is 152 Å². The van der Waals surface area contributed by atoms with Gasteiger partial charge in [-0.3, -0.25) is 9.59 Å². The number of nitrogens with zero attached hydrogens (tertiary/aromatic N) is 1. The van der Waals surface area contributed by atoms with Gasteiger partial charge in [0.1, 0.15) is 6.04 Å². The van der Waals surface area contributed by atoms with E-state index in [4.69, 9.17) is 0 Å². The number of hydrogen-bond acceptors (Lipinski definition) is 2. The summed E-state index contributed by atoms with van der Waals surface area (Å²) in [6.07, 6.45) is 5.31. The summed E-state index contributed by atoms with van der Waals surface area (Å²) in [5, 5.41) is 2.98. The predicted molar refractivity (Wildman–Crippen MR) is 101 cm³/mol. The number of carbonyl (C=O) groups is 2. The Morgan fingerprint density at radius 2 is 1.76 bits per heavy atom. The van der Waals surface area contributed by atoms with Crippen molar-refractivity contribution in [1.29, 1.82) is 0 Å². The van der Waals surface area contributed by atoms with E-state index in [9.17, 15) is 9.59 Å². The second-order valence-electron chi connectivity index (χ2n) is 7.57. The Kier molecular flexibility index (Phi) is 7.03. The molecule has 0 spiro atoms. The van der Waals surface area contributed by atoms with Crippen molar-refractivity contribution in [2.75, 3.05) is 7.05 Å². The molecule has 2 rings (SSSR count). The Hall–Kier alpha value is -1.84. The molecule has 0 radical (unpaired) electrons. The third kappa shape index (κ3) is 5.07. The SMILES string of the molecule is CCC(C)C(NC(=O)c1ccccc1)C(=O)N(C)C1CCC(C)CC1. The summed E-state index contributed by atoms with van der Waals surface area (Å²) in [5.74, 6) is 0.719. The number of carbonyl (C=O) groups excluding carboxylic acids is 2. The van der Waals surface area contributed by atoms with E-state index in [0.717, 1.165) is 25.2 Å². The van der Waals surface area contributed by atoms with Gasteiger partial charge in [0.2, 0.25) is 5.91 Å². The van der Waals surface area contributed by atoms with Gasteiger partial charge in [-0.1, -0.05) is 45.4 Å². The molecule has 1 aromatic carbocycles. The fraction of sp³-hybridized carbons (Fsp3) is 0.619. The van der Waals surface area contributed by atoms with Gasteiger partial charge in [-0.05, 0) is 49.7 Å². The zero-order valence-corrected chi connectivity index (χ0v) is 16.0. The third-order valence-corrected chi connectivity index (χ3v) is 5.68. The summed E-state index contributed by atoms with van der Waals surface area (Å²) in [6, 6.07) is 8.94. The molecular weight excluding hydrogens is 312 g/mol. The molecule has 0 aromatic heterocycles. The van der Waals surface area contributed by atoms with Crippen LogP contribution in [0.4, 0.5) is 0 Å². The van der Waals surface area contributed by atoms with E-state index < -0.39 is 6.04 Å². The number of amides is 2. The molecule has 1 N–H and O–H groups in total. The van der Waals surface area contributed by atoms with Crippen LogP contribution >= 0.6 is 0 Å². The second-order valence-corrected chi connectivity index (χ2v) is 7.57. The maximum absolute atomic E-state index is 13.1. The average molecular weight is 344 g/mol. The summed E-state index contributed by atoms with van der Waals surface area (Å²) < 4.78 is 0. The number of benzene rings is 1. The van der Waals surface area contributed by atoms with Crippen LogP contribution in [0, 0.1) is 11.8 Å². The van der Waals surface area contributed by atoms with Crippen LogP contribution in [0.25, 0.3) is 0 Å².